The highest BCUT2D eigenvalue weighted by molar-refractivity contribution is 6.31. The van der Waals surface area contributed by atoms with Crippen molar-refractivity contribution >= 4 is 29.1 Å². The zero-order valence-electron chi connectivity index (χ0n) is 14.2. The molecule has 2 aliphatic rings. The largest absolute Gasteiger partial charge is 0.271 e. The molecule has 4 rings (SSSR count). The number of rotatable bonds is 4. The summed E-state index contributed by atoms with van der Waals surface area (Å²) in [6.07, 6.45) is 0.896. The number of fused-ring (bicyclic) bond motifs is 1. The van der Waals surface area contributed by atoms with Crippen LogP contribution in [0.4, 0.5) is 5.69 Å². The lowest BCUT2D eigenvalue weighted by Gasteiger charge is -2.21. The summed E-state index contributed by atoms with van der Waals surface area (Å²) in [7, 11) is 0. The summed E-state index contributed by atoms with van der Waals surface area (Å²) in [5.74, 6) is -0.643. The lowest BCUT2D eigenvalue weighted by molar-refractivity contribution is -0.123. The molecule has 0 spiro atoms. The Balaban J connectivity index is 1.60. The predicted octanol–water partition coefficient (Wildman–Crippen LogP) is 3.40. The second-order valence-corrected chi connectivity index (χ2v) is 6.72. The van der Waals surface area contributed by atoms with Crippen molar-refractivity contribution in [2.24, 2.45) is 10.3 Å². The molecule has 7 heteroatoms. The molecule has 132 valence electrons. The molecule has 0 unspecified atom stereocenters. The van der Waals surface area contributed by atoms with Crippen molar-refractivity contribution in [1.82, 2.24) is 5.01 Å². The molecule has 2 aromatic rings. The van der Waals surface area contributed by atoms with Crippen molar-refractivity contribution in [3.05, 3.63) is 64.7 Å². The molecule has 0 saturated carbocycles. The zero-order chi connectivity index (χ0) is 18.3. The number of carbonyl (C=O) groups is 2. The van der Waals surface area contributed by atoms with Gasteiger partial charge in [-0.1, -0.05) is 54.1 Å². The van der Waals surface area contributed by atoms with Crippen molar-refractivity contribution in [3.63, 3.8) is 0 Å². The maximum Gasteiger partial charge on any atom is 0.263 e. The van der Waals surface area contributed by atoms with Gasteiger partial charge in [-0.05, 0) is 35.7 Å². The van der Waals surface area contributed by atoms with E-state index in [1.54, 1.807) is 23.2 Å². The van der Waals surface area contributed by atoms with Gasteiger partial charge in [-0.3, -0.25) is 14.6 Å². The second kappa shape index (κ2) is 6.53. The Morgan fingerprint density at radius 3 is 2.46 bits per heavy atom. The predicted molar refractivity (Wildman–Crippen MR) is 97.7 cm³/mol. The van der Waals surface area contributed by atoms with E-state index < -0.39 is 12.1 Å². The van der Waals surface area contributed by atoms with Gasteiger partial charge >= 0.3 is 0 Å². The van der Waals surface area contributed by atoms with Gasteiger partial charge in [0.15, 0.2) is 12.1 Å². The summed E-state index contributed by atoms with van der Waals surface area (Å²) in [6, 6.07) is 13.3. The Morgan fingerprint density at radius 1 is 1.04 bits per heavy atom. The van der Waals surface area contributed by atoms with Crippen molar-refractivity contribution in [2.45, 2.75) is 32.0 Å². The molecule has 1 fully saturated rings. The number of hydrogen-bond donors (Lipinski definition) is 0. The molecule has 6 nitrogen and oxygen atoms in total. The molecule has 2 heterocycles. The van der Waals surface area contributed by atoms with E-state index in [0.717, 1.165) is 17.5 Å². The summed E-state index contributed by atoms with van der Waals surface area (Å²) in [4.78, 5) is 26.9. The SMILES string of the molecule is CCc1ccc(N2C(=O)[C@H]3N=NN(Cc4ccccc4Cl)[C@@H]3C2=O)cc1. The average Bonchev–Trinajstić information content (AvgIpc) is 3.17. The monoisotopic (exact) mass is 368 g/mol. The van der Waals surface area contributed by atoms with Crippen LogP contribution in [0.5, 0.6) is 0 Å². The van der Waals surface area contributed by atoms with Crippen molar-refractivity contribution in [3.8, 4) is 0 Å². The van der Waals surface area contributed by atoms with E-state index in [1.165, 1.54) is 4.90 Å². The molecule has 2 aromatic carbocycles. The first kappa shape index (κ1) is 16.7. The van der Waals surface area contributed by atoms with Crippen molar-refractivity contribution < 1.29 is 9.59 Å². The standard InChI is InChI=1S/C19H17ClN4O2/c1-2-12-7-9-14(10-8-12)24-18(25)16-17(19(24)26)23(22-21-16)11-13-5-3-4-6-15(13)20/h3-10,16-17H,2,11H2,1H3/t16-,17-/m0/s1. The van der Waals surface area contributed by atoms with Gasteiger partial charge in [-0.25, -0.2) is 4.90 Å². The van der Waals surface area contributed by atoms with Crippen LogP contribution in [0.3, 0.4) is 0 Å². The quantitative estimate of drug-likeness (QED) is 0.777. The number of halogens is 1. The first-order valence-corrected chi connectivity index (χ1v) is 8.85. The van der Waals surface area contributed by atoms with Gasteiger partial charge in [0.2, 0.25) is 0 Å². The van der Waals surface area contributed by atoms with E-state index in [9.17, 15) is 9.59 Å². The Morgan fingerprint density at radius 2 is 1.77 bits per heavy atom. The number of anilines is 1. The third kappa shape index (κ3) is 2.66. The molecule has 26 heavy (non-hydrogen) atoms. The minimum absolute atomic E-state index is 0.304. The first-order chi connectivity index (χ1) is 12.6. The summed E-state index contributed by atoms with van der Waals surface area (Å²) in [5, 5.41) is 10.2. The van der Waals surface area contributed by atoms with Gasteiger partial charge in [-0.2, -0.15) is 5.11 Å². The number of aryl methyl sites for hydroxylation is 1. The molecule has 2 aliphatic heterocycles. The second-order valence-electron chi connectivity index (χ2n) is 6.32. The number of nitrogens with zero attached hydrogens (tertiary/aromatic N) is 4. The fourth-order valence-electron chi connectivity index (χ4n) is 3.29. The lowest BCUT2D eigenvalue weighted by atomic mass is 10.1. The third-order valence-electron chi connectivity index (χ3n) is 4.75. The van der Waals surface area contributed by atoms with Gasteiger partial charge in [0.05, 0.1) is 12.2 Å². The minimum Gasteiger partial charge on any atom is -0.271 e. The van der Waals surface area contributed by atoms with E-state index in [0.29, 0.717) is 17.3 Å². The highest BCUT2D eigenvalue weighted by atomic mass is 35.5. The molecule has 0 bridgehead atoms. The third-order valence-corrected chi connectivity index (χ3v) is 5.12. The number of benzene rings is 2. The molecular weight excluding hydrogens is 352 g/mol. The Kier molecular flexibility index (Phi) is 4.20. The van der Waals surface area contributed by atoms with E-state index >= 15 is 0 Å². The number of imide groups is 1. The molecule has 0 N–H and O–H groups in total. The van der Waals surface area contributed by atoms with E-state index in [-0.39, 0.29) is 11.8 Å². The maximum absolute atomic E-state index is 12.9. The van der Waals surface area contributed by atoms with Gasteiger partial charge in [0.1, 0.15) is 0 Å². The molecule has 0 aliphatic carbocycles. The van der Waals surface area contributed by atoms with Gasteiger partial charge < -0.3 is 0 Å². The van der Waals surface area contributed by atoms with Crippen LogP contribution in [-0.2, 0) is 22.6 Å². The molecule has 0 radical (unpaired) electrons. The topological polar surface area (TPSA) is 65.3 Å². The van der Waals surface area contributed by atoms with Crippen molar-refractivity contribution in [1.29, 1.82) is 0 Å². The molecule has 1 saturated heterocycles. The van der Waals surface area contributed by atoms with E-state index in [1.807, 2.05) is 30.3 Å². The summed E-state index contributed by atoms with van der Waals surface area (Å²) in [6.45, 7) is 2.38. The summed E-state index contributed by atoms with van der Waals surface area (Å²) < 4.78 is 0. The number of hydrogen-bond acceptors (Lipinski definition) is 5. The Labute approximate surface area is 156 Å². The van der Waals surface area contributed by atoms with Crippen LogP contribution in [0.25, 0.3) is 0 Å². The van der Waals surface area contributed by atoms with E-state index in [2.05, 4.69) is 17.3 Å². The summed E-state index contributed by atoms with van der Waals surface area (Å²) in [5.41, 5.74) is 2.55. The highest BCUT2D eigenvalue weighted by Gasteiger charge is 2.54. The first-order valence-electron chi connectivity index (χ1n) is 8.47. The van der Waals surface area contributed by atoms with E-state index in [4.69, 9.17) is 11.6 Å². The smallest absolute Gasteiger partial charge is 0.263 e. The molecule has 2 atom stereocenters. The van der Waals surface area contributed by atoms with Crippen LogP contribution in [0.2, 0.25) is 5.02 Å². The van der Waals surface area contributed by atoms with Crippen LogP contribution in [-0.4, -0.2) is 28.9 Å². The molecular formula is C19H17ClN4O2. The van der Waals surface area contributed by atoms with Crippen LogP contribution in [0.15, 0.2) is 58.9 Å². The van der Waals surface area contributed by atoms with Crippen LogP contribution in [0.1, 0.15) is 18.1 Å². The van der Waals surface area contributed by atoms with Crippen LogP contribution < -0.4 is 4.90 Å². The highest BCUT2D eigenvalue weighted by Crippen LogP contribution is 2.33. The van der Waals surface area contributed by atoms with Gasteiger partial charge in [0, 0.05) is 5.02 Å². The lowest BCUT2D eigenvalue weighted by Crippen LogP contribution is -2.39. The Hall–Kier alpha value is -2.73. The maximum atomic E-state index is 12.9. The number of carbonyl (C=O) groups excluding carboxylic acids is 2. The minimum atomic E-state index is -0.796. The fourth-order valence-corrected chi connectivity index (χ4v) is 3.49. The zero-order valence-corrected chi connectivity index (χ0v) is 14.9. The number of amides is 2. The van der Waals surface area contributed by atoms with Crippen molar-refractivity contribution in [2.75, 3.05) is 4.90 Å². The average molecular weight is 369 g/mol. The Bertz CT molecular complexity index is 897. The molecule has 0 aromatic heterocycles. The normalized spacial score (nSPS) is 21.6. The van der Waals surface area contributed by atoms with Gasteiger partial charge in [-0.15, -0.1) is 0 Å². The van der Waals surface area contributed by atoms with Gasteiger partial charge in [0.25, 0.3) is 11.8 Å². The fraction of sp³-hybridized carbons (Fsp3) is 0.263. The molecule has 2 amide bonds. The van der Waals surface area contributed by atoms with Crippen LogP contribution >= 0.6 is 11.6 Å². The summed E-state index contributed by atoms with van der Waals surface area (Å²) >= 11 is 6.20. The van der Waals surface area contributed by atoms with Crippen LogP contribution in [0, 0.1) is 0 Å².